The summed E-state index contributed by atoms with van der Waals surface area (Å²) in [5.74, 6) is 0. The topological polar surface area (TPSA) is 23.0 Å². The molecule has 0 bridgehead atoms. The van der Waals surface area contributed by atoms with Crippen LogP contribution in [0.4, 0.5) is 0 Å². The summed E-state index contributed by atoms with van der Waals surface area (Å²) in [5, 5.41) is 7.13. The van der Waals surface area contributed by atoms with E-state index < -0.39 is 0 Å². The highest BCUT2D eigenvalue weighted by atomic mass is 16.3. The summed E-state index contributed by atoms with van der Waals surface area (Å²) in [4.78, 5) is 0. The molecule has 0 spiro atoms. The van der Waals surface area contributed by atoms with E-state index in [1.807, 2.05) is 6.07 Å². The van der Waals surface area contributed by atoms with E-state index in [0.717, 1.165) is 44.0 Å². The van der Waals surface area contributed by atoms with Crippen LogP contribution in [0, 0.1) is 0 Å². The molecule has 0 aliphatic rings. The first-order valence-electron chi connectivity index (χ1n) is 15.4. The maximum absolute atomic E-state index is 6.55. The van der Waals surface area contributed by atoms with Gasteiger partial charge in [-0.25, -0.2) is 0 Å². The molecule has 0 unspecified atom stereocenters. The average molecular weight is 575 g/mol. The van der Waals surface area contributed by atoms with Crippen molar-refractivity contribution >= 4 is 65.6 Å². The number of nitrogens with zero attached hydrogens (tertiary/aromatic N) is 2. The van der Waals surface area contributed by atoms with Crippen molar-refractivity contribution in [1.29, 1.82) is 0 Å². The highest BCUT2D eigenvalue weighted by Gasteiger charge is 2.20. The van der Waals surface area contributed by atoms with Gasteiger partial charge in [-0.3, -0.25) is 0 Å². The van der Waals surface area contributed by atoms with E-state index in [4.69, 9.17) is 4.42 Å². The Labute approximate surface area is 258 Å². The van der Waals surface area contributed by atoms with Crippen molar-refractivity contribution in [3.8, 4) is 22.5 Å². The van der Waals surface area contributed by atoms with Crippen molar-refractivity contribution in [3.05, 3.63) is 158 Å². The maximum atomic E-state index is 6.55. The third-order valence-electron chi connectivity index (χ3n) is 9.31. The second-order valence-electron chi connectivity index (χ2n) is 11.8. The Kier molecular flexibility index (Phi) is 5.00. The first-order valence-corrected chi connectivity index (χ1v) is 15.4. The number of benzene rings is 7. The number of hydrogen-bond acceptors (Lipinski definition) is 1. The van der Waals surface area contributed by atoms with Gasteiger partial charge in [0.05, 0.1) is 27.5 Å². The van der Waals surface area contributed by atoms with Crippen LogP contribution >= 0.6 is 0 Å². The summed E-state index contributed by atoms with van der Waals surface area (Å²) in [6.07, 6.45) is 0. The molecular formula is C42H26N2O. The summed E-state index contributed by atoms with van der Waals surface area (Å²) in [5.41, 5.74) is 11.3. The smallest absolute Gasteiger partial charge is 0.145 e. The molecule has 3 heteroatoms. The molecule has 10 rings (SSSR count). The van der Waals surface area contributed by atoms with Gasteiger partial charge in [0.2, 0.25) is 0 Å². The third kappa shape index (κ3) is 3.46. The molecule has 0 aliphatic carbocycles. The lowest BCUT2D eigenvalue weighted by Crippen LogP contribution is -1.93. The van der Waals surface area contributed by atoms with Gasteiger partial charge < -0.3 is 13.6 Å². The molecule has 0 saturated heterocycles. The van der Waals surface area contributed by atoms with Crippen molar-refractivity contribution in [2.24, 2.45) is 0 Å². The van der Waals surface area contributed by atoms with Gasteiger partial charge in [-0.15, -0.1) is 0 Å². The van der Waals surface area contributed by atoms with Crippen LogP contribution in [-0.2, 0) is 0 Å². The quantitative estimate of drug-likeness (QED) is 0.206. The van der Waals surface area contributed by atoms with Gasteiger partial charge in [0.1, 0.15) is 11.2 Å². The van der Waals surface area contributed by atoms with Gasteiger partial charge in [-0.2, -0.15) is 0 Å². The Hall–Kier alpha value is -6.06. The first-order chi connectivity index (χ1) is 22.3. The molecule has 7 aromatic carbocycles. The van der Waals surface area contributed by atoms with E-state index in [1.54, 1.807) is 0 Å². The Morgan fingerprint density at radius 2 is 0.933 bits per heavy atom. The lowest BCUT2D eigenvalue weighted by Gasteiger charge is -2.10. The monoisotopic (exact) mass is 574 g/mol. The number of hydrogen-bond donors (Lipinski definition) is 0. The van der Waals surface area contributed by atoms with Crippen LogP contribution in [0.2, 0.25) is 0 Å². The molecule has 0 atom stereocenters. The van der Waals surface area contributed by atoms with Crippen LogP contribution < -0.4 is 0 Å². The number of rotatable bonds is 3. The van der Waals surface area contributed by atoms with Gasteiger partial charge in [0.25, 0.3) is 0 Å². The van der Waals surface area contributed by atoms with Gasteiger partial charge in [0.15, 0.2) is 0 Å². The summed E-state index contributed by atoms with van der Waals surface area (Å²) in [6.45, 7) is 0. The Balaban J connectivity index is 1.25. The van der Waals surface area contributed by atoms with E-state index in [1.165, 1.54) is 44.0 Å². The number of furan rings is 1. The number of fused-ring (bicyclic) bond motifs is 10. The molecule has 0 radical (unpaired) electrons. The fourth-order valence-electron chi connectivity index (χ4n) is 7.33. The van der Waals surface area contributed by atoms with E-state index >= 15 is 0 Å². The SMILES string of the molecule is c1ccc(-n2c3ccccc3c3cc(-c4ccc5c6c7oc8ccccc8c7ccc6n(-c6ccccc6)c5c4)ccc32)cc1. The fourth-order valence-corrected chi connectivity index (χ4v) is 7.33. The second-order valence-corrected chi connectivity index (χ2v) is 11.8. The van der Waals surface area contributed by atoms with Crippen LogP contribution in [0.5, 0.6) is 0 Å². The zero-order chi connectivity index (χ0) is 29.5. The minimum absolute atomic E-state index is 0.917. The summed E-state index contributed by atoms with van der Waals surface area (Å²) < 4.78 is 11.3. The molecule has 3 aromatic heterocycles. The number of para-hydroxylation sites is 4. The van der Waals surface area contributed by atoms with Gasteiger partial charge in [0, 0.05) is 38.3 Å². The Morgan fingerprint density at radius 3 is 1.73 bits per heavy atom. The first kappa shape index (κ1) is 24.4. The van der Waals surface area contributed by atoms with E-state index in [0.29, 0.717) is 0 Å². The molecular weight excluding hydrogens is 548 g/mol. The highest BCUT2D eigenvalue weighted by Crippen LogP contribution is 2.42. The van der Waals surface area contributed by atoms with Crippen molar-refractivity contribution < 1.29 is 4.42 Å². The van der Waals surface area contributed by atoms with Gasteiger partial charge in [-0.05, 0) is 77.9 Å². The molecule has 0 amide bonds. The fraction of sp³-hybridized carbons (Fsp3) is 0. The minimum Gasteiger partial charge on any atom is -0.455 e. The third-order valence-corrected chi connectivity index (χ3v) is 9.31. The van der Waals surface area contributed by atoms with E-state index in [2.05, 4.69) is 161 Å². The van der Waals surface area contributed by atoms with Crippen LogP contribution in [0.25, 0.3) is 88.1 Å². The summed E-state index contributed by atoms with van der Waals surface area (Å²) in [7, 11) is 0. The van der Waals surface area contributed by atoms with E-state index in [9.17, 15) is 0 Å². The van der Waals surface area contributed by atoms with Gasteiger partial charge in [-0.1, -0.05) is 91.0 Å². The predicted octanol–water partition coefficient (Wildman–Crippen LogP) is 11.4. The lowest BCUT2D eigenvalue weighted by molar-refractivity contribution is 0.673. The zero-order valence-electron chi connectivity index (χ0n) is 24.3. The van der Waals surface area contributed by atoms with Crippen molar-refractivity contribution in [2.75, 3.05) is 0 Å². The average Bonchev–Trinajstić information content (AvgIpc) is 3.76. The van der Waals surface area contributed by atoms with Crippen molar-refractivity contribution in [2.45, 2.75) is 0 Å². The summed E-state index contributed by atoms with van der Waals surface area (Å²) >= 11 is 0. The molecule has 210 valence electrons. The summed E-state index contributed by atoms with van der Waals surface area (Å²) in [6, 6.07) is 56.5. The normalized spacial score (nSPS) is 12.0. The molecule has 0 fully saturated rings. The highest BCUT2D eigenvalue weighted by molar-refractivity contribution is 6.24. The largest absolute Gasteiger partial charge is 0.455 e. The van der Waals surface area contributed by atoms with Crippen LogP contribution in [0.15, 0.2) is 162 Å². The zero-order valence-corrected chi connectivity index (χ0v) is 24.3. The molecule has 3 nitrogen and oxygen atoms in total. The Morgan fingerprint density at radius 1 is 0.356 bits per heavy atom. The molecule has 0 N–H and O–H groups in total. The number of aromatic nitrogens is 2. The Bertz CT molecular complexity index is 2740. The minimum atomic E-state index is 0.917. The maximum Gasteiger partial charge on any atom is 0.145 e. The lowest BCUT2D eigenvalue weighted by atomic mass is 10.0. The van der Waals surface area contributed by atoms with Crippen LogP contribution in [0.1, 0.15) is 0 Å². The van der Waals surface area contributed by atoms with E-state index in [-0.39, 0.29) is 0 Å². The standard InChI is InChI=1S/C42H26N2O/c1-3-11-29(12-4-1)43-36-17-9-7-15-31(36)35-25-27(20-23-37(35)43)28-19-21-34-39(26-28)44(30-13-5-2-6-14-30)38-24-22-33-32-16-8-10-18-40(32)45-42(33)41(34)38/h1-26H. The van der Waals surface area contributed by atoms with Crippen LogP contribution in [-0.4, -0.2) is 9.13 Å². The van der Waals surface area contributed by atoms with Crippen molar-refractivity contribution in [1.82, 2.24) is 9.13 Å². The van der Waals surface area contributed by atoms with Crippen LogP contribution in [0.3, 0.4) is 0 Å². The predicted molar refractivity (Wildman–Crippen MR) is 188 cm³/mol. The molecule has 45 heavy (non-hydrogen) atoms. The van der Waals surface area contributed by atoms with Gasteiger partial charge >= 0.3 is 0 Å². The molecule has 3 heterocycles. The molecule has 0 saturated carbocycles. The van der Waals surface area contributed by atoms with Crippen molar-refractivity contribution in [3.63, 3.8) is 0 Å². The molecule has 0 aliphatic heterocycles. The molecule has 10 aromatic rings. The second kappa shape index (κ2) is 9.22.